The number of benzene rings is 1. The van der Waals surface area contributed by atoms with E-state index in [4.69, 9.17) is 10.6 Å². The van der Waals surface area contributed by atoms with Gasteiger partial charge in [-0.3, -0.25) is 9.63 Å². The lowest BCUT2D eigenvalue weighted by atomic mass is 10.0. The van der Waals surface area contributed by atoms with Crippen LogP contribution in [0.25, 0.3) is 0 Å². The average molecular weight is 229 g/mol. The molecule has 2 rings (SSSR count). The second-order valence-electron chi connectivity index (χ2n) is 3.11. The summed E-state index contributed by atoms with van der Waals surface area (Å²) in [7, 11) is 0. The van der Waals surface area contributed by atoms with Crippen LogP contribution in [0, 0.1) is 0 Å². The van der Waals surface area contributed by atoms with Crippen LogP contribution in [0.5, 0.6) is 0 Å². The van der Waals surface area contributed by atoms with Crippen LogP contribution in [-0.4, -0.2) is 12.6 Å². The first-order valence-electron chi connectivity index (χ1n) is 4.57. The van der Waals surface area contributed by atoms with Crippen LogP contribution in [0.1, 0.15) is 12.0 Å². The molecule has 1 aromatic rings. The molecule has 1 heterocycles. The summed E-state index contributed by atoms with van der Waals surface area (Å²) >= 11 is 0. The van der Waals surface area contributed by atoms with Crippen molar-refractivity contribution in [3.8, 4) is 0 Å². The predicted octanol–water partition coefficient (Wildman–Crippen LogP) is 1.24. The van der Waals surface area contributed by atoms with Gasteiger partial charge in [0.15, 0.2) is 0 Å². The minimum absolute atomic E-state index is 0. The summed E-state index contributed by atoms with van der Waals surface area (Å²) < 4.78 is 0. The molecule has 0 unspecified atom stereocenters. The Morgan fingerprint density at radius 3 is 2.80 bits per heavy atom. The fourth-order valence-corrected chi connectivity index (χ4v) is 1.61. The third kappa shape index (κ3) is 2.28. The van der Waals surface area contributed by atoms with E-state index in [1.165, 1.54) is 5.06 Å². The quantitative estimate of drug-likeness (QED) is 0.775. The maximum absolute atomic E-state index is 11.5. The molecule has 0 radical (unpaired) electrons. The van der Waals surface area contributed by atoms with E-state index in [0.717, 1.165) is 17.7 Å². The van der Waals surface area contributed by atoms with Crippen LogP contribution < -0.4 is 10.8 Å². The summed E-state index contributed by atoms with van der Waals surface area (Å²) in [4.78, 5) is 16.6. The number of aryl methyl sites for hydroxylation is 1. The molecule has 0 spiro atoms. The zero-order valence-corrected chi connectivity index (χ0v) is 9.00. The Labute approximate surface area is 94.4 Å². The van der Waals surface area contributed by atoms with E-state index in [-0.39, 0.29) is 25.0 Å². The summed E-state index contributed by atoms with van der Waals surface area (Å²) in [5, 5.41) is 1.29. The van der Waals surface area contributed by atoms with Crippen LogP contribution in [0.15, 0.2) is 24.3 Å². The third-order valence-electron chi connectivity index (χ3n) is 2.25. The van der Waals surface area contributed by atoms with Crippen molar-refractivity contribution in [3.63, 3.8) is 0 Å². The van der Waals surface area contributed by atoms with Gasteiger partial charge in [0.2, 0.25) is 0 Å². The molecule has 0 atom stereocenters. The normalized spacial score (nSPS) is 14.5. The Bertz CT molecular complexity index is 357. The highest BCUT2D eigenvalue weighted by Crippen LogP contribution is 2.27. The number of hydroxylamine groups is 1. The Morgan fingerprint density at radius 2 is 2.07 bits per heavy atom. The molecule has 1 aliphatic rings. The number of fused-ring (bicyclic) bond motifs is 1. The molecular weight excluding hydrogens is 216 g/mol. The van der Waals surface area contributed by atoms with Crippen molar-refractivity contribution in [2.24, 2.45) is 5.73 Å². The van der Waals surface area contributed by atoms with Gasteiger partial charge in [-0.05, 0) is 18.1 Å². The van der Waals surface area contributed by atoms with Crippen molar-refractivity contribution in [1.82, 2.24) is 0 Å². The first-order chi connectivity index (χ1) is 6.83. The van der Waals surface area contributed by atoms with E-state index < -0.39 is 0 Å². The highest BCUT2D eigenvalue weighted by molar-refractivity contribution is 5.94. The molecule has 0 saturated heterocycles. The Balaban J connectivity index is 0.00000112. The third-order valence-corrected chi connectivity index (χ3v) is 2.25. The standard InChI is InChI=1S/C10H12N2O2.ClH/c11-7-14-12-9-4-2-1-3-8(9)5-6-10(12)13;/h1-4H,5-7,11H2;1H. The maximum Gasteiger partial charge on any atom is 0.251 e. The van der Waals surface area contributed by atoms with Gasteiger partial charge in [0.1, 0.15) is 6.73 Å². The Kier molecular flexibility index (Phi) is 4.08. The van der Waals surface area contributed by atoms with Gasteiger partial charge in [-0.1, -0.05) is 18.2 Å². The number of hydrogen-bond acceptors (Lipinski definition) is 3. The van der Waals surface area contributed by atoms with Crippen LogP contribution in [0.3, 0.4) is 0 Å². The van der Waals surface area contributed by atoms with Crippen molar-refractivity contribution >= 4 is 24.0 Å². The minimum atomic E-state index is -0.0332. The summed E-state index contributed by atoms with van der Waals surface area (Å²) in [5.41, 5.74) is 7.20. The molecule has 0 saturated carbocycles. The van der Waals surface area contributed by atoms with Gasteiger partial charge >= 0.3 is 0 Å². The van der Waals surface area contributed by atoms with E-state index in [9.17, 15) is 4.79 Å². The number of hydrogen-bond donors (Lipinski definition) is 1. The van der Waals surface area contributed by atoms with Gasteiger partial charge in [-0.2, -0.15) is 5.06 Å². The largest absolute Gasteiger partial charge is 0.306 e. The van der Waals surface area contributed by atoms with Crippen LogP contribution in [0.4, 0.5) is 5.69 Å². The van der Waals surface area contributed by atoms with Crippen molar-refractivity contribution in [1.29, 1.82) is 0 Å². The molecule has 0 aromatic heterocycles. The van der Waals surface area contributed by atoms with Gasteiger partial charge in [0.05, 0.1) is 5.69 Å². The highest BCUT2D eigenvalue weighted by Gasteiger charge is 2.24. The topological polar surface area (TPSA) is 55.6 Å². The first kappa shape index (κ1) is 12.0. The Morgan fingerprint density at radius 1 is 1.33 bits per heavy atom. The minimum Gasteiger partial charge on any atom is -0.306 e. The van der Waals surface area contributed by atoms with Crippen molar-refractivity contribution < 1.29 is 9.63 Å². The molecule has 5 heteroatoms. The van der Waals surface area contributed by atoms with E-state index in [1.54, 1.807) is 0 Å². The lowest BCUT2D eigenvalue weighted by Crippen LogP contribution is -2.36. The second-order valence-corrected chi connectivity index (χ2v) is 3.11. The van der Waals surface area contributed by atoms with Gasteiger partial charge in [-0.15, -0.1) is 12.4 Å². The molecule has 0 bridgehead atoms. The molecule has 1 aliphatic heterocycles. The van der Waals surface area contributed by atoms with E-state index in [1.807, 2.05) is 24.3 Å². The van der Waals surface area contributed by atoms with Gasteiger partial charge in [0, 0.05) is 6.42 Å². The lowest BCUT2D eigenvalue weighted by molar-refractivity contribution is -0.126. The van der Waals surface area contributed by atoms with Crippen molar-refractivity contribution in [2.45, 2.75) is 12.8 Å². The summed E-state index contributed by atoms with van der Waals surface area (Å²) in [5.74, 6) is -0.0332. The number of halogens is 1. The molecule has 0 aliphatic carbocycles. The smallest absolute Gasteiger partial charge is 0.251 e. The lowest BCUT2D eigenvalue weighted by Gasteiger charge is -2.27. The maximum atomic E-state index is 11.5. The van der Waals surface area contributed by atoms with E-state index in [0.29, 0.717) is 6.42 Å². The molecular formula is C10H13ClN2O2. The molecule has 2 N–H and O–H groups in total. The zero-order valence-electron chi connectivity index (χ0n) is 8.18. The summed E-state index contributed by atoms with van der Waals surface area (Å²) in [6.45, 7) is 0.0140. The molecule has 0 fully saturated rings. The predicted molar refractivity (Wildman–Crippen MR) is 59.6 cm³/mol. The fourth-order valence-electron chi connectivity index (χ4n) is 1.61. The molecule has 82 valence electrons. The molecule has 15 heavy (non-hydrogen) atoms. The van der Waals surface area contributed by atoms with E-state index >= 15 is 0 Å². The number of rotatable bonds is 2. The number of nitrogens with zero attached hydrogens (tertiary/aromatic N) is 1. The van der Waals surface area contributed by atoms with Gasteiger partial charge in [0.25, 0.3) is 5.91 Å². The SMILES string of the molecule is Cl.NCON1C(=O)CCc2ccccc21. The van der Waals surface area contributed by atoms with Gasteiger partial charge in [-0.25, -0.2) is 0 Å². The molecule has 1 aromatic carbocycles. The highest BCUT2D eigenvalue weighted by atomic mass is 35.5. The molecule has 4 nitrogen and oxygen atoms in total. The number of carbonyl (C=O) groups is 1. The van der Waals surface area contributed by atoms with Gasteiger partial charge < -0.3 is 5.73 Å². The number of nitrogens with two attached hydrogens (primary N) is 1. The summed E-state index contributed by atoms with van der Waals surface area (Å²) in [6, 6.07) is 7.69. The monoisotopic (exact) mass is 228 g/mol. The Hall–Kier alpha value is -1.10. The number of para-hydroxylation sites is 1. The van der Waals surface area contributed by atoms with Crippen LogP contribution in [0.2, 0.25) is 0 Å². The number of carbonyl (C=O) groups excluding carboxylic acids is 1. The van der Waals surface area contributed by atoms with Crippen LogP contribution >= 0.6 is 12.4 Å². The summed E-state index contributed by atoms with van der Waals surface area (Å²) in [6.07, 6.45) is 1.26. The van der Waals surface area contributed by atoms with Crippen LogP contribution in [-0.2, 0) is 16.1 Å². The van der Waals surface area contributed by atoms with Crippen molar-refractivity contribution in [2.75, 3.05) is 11.8 Å². The first-order valence-corrected chi connectivity index (χ1v) is 4.57. The fraction of sp³-hybridized carbons (Fsp3) is 0.300. The second kappa shape index (κ2) is 5.11. The van der Waals surface area contributed by atoms with Crippen molar-refractivity contribution in [3.05, 3.63) is 29.8 Å². The number of amides is 1. The molecule has 1 amide bonds. The van der Waals surface area contributed by atoms with E-state index in [2.05, 4.69) is 0 Å². The average Bonchev–Trinajstić information content (AvgIpc) is 2.23. The zero-order chi connectivity index (χ0) is 9.97. The number of anilines is 1.